The number of carboxylic acid groups (broad SMARTS) is 2. The second kappa shape index (κ2) is 10.1. The molecule has 0 aliphatic rings. The summed E-state index contributed by atoms with van der Waals surface area (Å²) in [6.45, 7) is -0.520. The van der Waals surface area contributed by atoms with Gasteiger partial charge in [0.25, 0.3) is 0 Å². The van der Waals surface area contributed by atoms with Gasteiger partial charge in [-0.25, -0.2) is 18.9 Å². The largest absolute Gasteiger partial charge is 0.478 e. The lowest BCUT2D eigenvalue weighted by Crippen LogP contribution is -2.60. The fraction of sp³-hybridized carbons (Fsp3) is 0.400. The molecule has 1 aromatic carbocycles. The molecule has 9 nitrogen and oxygen atoms in total. The summed E-state index contributed by atoms with van der Waals surface area (Å²) >= 11 is 5.09. The molecule has 0 saturated carbocycles. The van der Waals surface area contributed by atoms with E-state index in [2.05, 4.69) is 0 Å². The van der Waals surface area contributed by atoms with E-state index in [1.807, 2.05) is 0 Å². The molecule has 2 unspecified atom stereocenters. The summed E-state index contributed by atoms with van der Waals surface area (Å²) in [7, 11) is 0. The second-order valence-corrected chi connectivity index (χ2v) is 8.84. The third-order valence-electron chi connectivity index (χ3n) is 3.97. The molecule has 27 heavy (non-hydrogen) atoms. The minimum atomic E-state index is -1.36. The first kappa shape index (κ1) is 24.9. The Balaban J connectivity index is 4.10. The molecule has 0 fully saturated rings. The van der Waals surface area contributed by atoms with Gasteiger partial charge in [-0.3, -0.25) is 0 Å². The molecule has 2 atom stereocenters. The topological polar surface area (TPSA) is 152 Å². The number of benzene rings is 1. The summed E-state index contributed by atoms with van der Waals surface area (Å²) in [6, 6.07) is 0. The molecule has 0 aromatic heterocycles. The van der Waals surface area contributed by atoms with Gasteiger partial charge in [-0.2, -0.15) is 0 Å². The Bertz CT molecular complexity index is 744. The van der Waals surface area contributed by atoms with Crippen molar-refractivity contribution in [3.63, 3.8) is 0 Å². The maximum Gasteiger partial charge on any atom is 0.338 e. The molecule has 1 rings (SSSR count). The zero-order valence-corrected chi connectivity index (χ0v) is 20.4. The van der Waals surface area contributed by atoms with Gasteiger partial charge >= 0.3 is 17.8 Å². The molecule has 0 spiro atoms. The van der Waals surface area contributed by atoms with E-state index in [0.29, 0.717) is 0 Å². The number of hydrogen-bond donors (Lipinski definition) is 5. The Morgan fingerprint density at radius 3 is 1.70 bits per heavy atom. The Kier molecular flexibility index (Phi) is 9.28. The molecule has 1 amide bonds. The standard InChI is InChI=1S/C15H16I3NO8/c1-6(22)19(2-3-20,4-7(23)5-21)13-11(17)8(14(24)25)10(16)9(12(13)18)15(26)27/h7,20-21,23H,2-5H2,1H3,(H-,24,25,26,27)/p+1. The van der Waals surface area contributed by atoms with Gasteiger partial charge in [0.2, 0.25) is 0 Å². The van der Waals surface area contributed by atoms with Crippen molar-refractivity contribution in [3.8, 4) is 0 Å². The first-order valence-electron chi connectivity index (χ1n) is 7.41. The molecule has 0 heterocycles. The minimum absolute atomic E-state index is 0.0125. The summed E-state index contributed by atoms with van der Waals surface area (Å²) in [5.41, 5.74) is -0.478. The lowest BCUT2D eigenvalue weighted by molar-refractivity contribution is -0.130. The molecule has 5 N–H and O–H groups in total. The van der Waals surface area contributed by atoms with Crippen LogP contribution < -0.4 is 4.48 Å². The lowest BCUT2D eigenvalue weighted by atomic mass is 10.1. The summed E-state index contributed by atoms with van der Waals surface area (Å²) in [5, 5.41) is 48.0. The fourth-order valence-corrected chi connectivity index (χ4v) is 7.74. The van der Waals surface area contributed by atoms with Gasteiger partial charge in [-0.15, -0.1) is 0 Å². The van der Waals surface area contributed by atoms with Gasteiger partial charge in [0.05, 0.1) is 38.4 Å². The number of nitrogens with zero attached hydrogens (tertiary/aromatic N) is 1. The number of aliphatic hydroxyl groups is 3. The highest BCUT2D eigenvalue weighted by atomic mass is 127. The number of hydrogen-bond acceptors (Lipinski definition) is 6. The predicted molar refractivity (Wildman–Crippen MR) is 121 cm³/mol. The van der Waals surface area contributed by atoms with Crippen LogP contribution in [-0.2, 0) is 4.79 Å². The number of aliphatic hydroxyl groups excluding tert-OH is 3. The molecule has 0 aliphatic heterocycles. The number of rotatable bonds is 8. The first-order chi connectivity index (χ1) is 12.5. The Morgan fingerprint density at radius 1 is 0.963 bits per heavy atom. The highest BCUT2D eigenvalue weighted by Gasteiger charge is 2.44. The zero-order chi connectivity index (χ0) is 21.1. The van der Waals surface area contributed by atoms with Gasteiger partial charge in [0.1, 0.15) is 19.2 Å². The molecule has 0 saturated heterocycles. The molecule has 0 aliphatic carbocycles. The highest BCUT2D eigenvalue weighted by Crippen LogP contribution is 2.41. The Morgan fingerprint density at radius 2 is 1.41 bits per heavy atom. The SMILES string of the molecule is CC(=O)[N+](CCO)(CC(O)CO)c1c(I)c(C(=O)O)c(I)c(C(=O)O)c1I. The van der Waals surface area contributed by atoms with Crippen LogP contribution in [0.4, 0.5) is 5.69 Å². The molecule has 0 radical (unpaired) electrons. The monoisotopic (exact) mass is 720 g/mol. The Labute approximate surface area is 195 Å². The smallest absolute Gasteiger partial charge is 0.338 e. The van der Waals surface area contributed by atoms with Crippen molar-refractivity contribution in [2.45, 2.75) is 13.0 Å². The zero-order valence-electron chi connectivity index (χ0n) is 13.9. The van der Waals surface area contributed by atoms with Crippen molar-refractivity contribution in [1.82, 2.24) is 4.48 Å². The minimum Gasteiger partial charge on any atom is -0.478 e. The molecule has 1 aromatic rings. The van der Waals surface area contributed by atoms with Crippen LogP contribution >= 0.6 is 67.8 Å². The van der Waals surface area contributed by atoms with Crippen molar-refractivity contribution in [2.75, 3.05) is 26.3 Å². The van der Waals surface area contributed by atoms with Crippen LogP contribution in [0.3, 0.4) is 0 Å². The summed E-state index contributed by atoms with van der Waals surface area (Å²) in [6.07, 6.45) is -1.34. The lowest BCUT2D eigenvalue weighted by Gasteiger charge is -2.37. The number of carbonyl (C=O) groups excluding carboxylic acids is 1. The van der Waals surface area contributed by atoms with Crippen molar-refractivity contribution in [2.24, 2.45) is 0 Å². The van der Waals surface area contributed by atoms with E-state index in [0.717, 1.165) is 0 Å². The highest BCUT2D eigenvalue weighted by molar-refractivity contribution is 14.1. The molecule has 12 heteroatoms. The van der Waals surface area contributed by atoms with E-state index in [1.54, 1.807) is 67.8 Å². The van der Waals surface area contributed by atoms with Crippen molar-refractivity contribution in [3.05, 3.63) is 21.8 Å². The third-order valence-corrected chi connectivity index (χ3v) is 7.15. The van der Waals surface area contributed by atoms with Crippen LogP contribution in [0.25, 0.3) is 0 Å². The Hall–Kier alpha value is -0.140. The molecule has 150 valence electrons. The number of quaternary nitrogens is 1. The number of aromatic carboxylic acids is 2. The van der Waals surface area contributed by atoms with Gasteiger partial charge in [-0.1, -0.05) is 0 Å². The van der Waals surface area contributed by atoms with Crippen LogP contribution in [0.15, 0.2) is 0 Å². The first-order valence-corrected chi connectivity index (χ1v) is 10.6. The number of carbonyl (C=O) groups is 3. The quantitative estimate of drug-likeness (QED) is 0.198. The van der Waals surface area contributed by atoms with E-state index in [9.17, 15) is 39.9 Å². The van der Waals surface area contributed by atoms with Crippen LogP contribution in [0, 0.1) is 10.7 Å². The van der Waals surface area contributed by atoms with Crippen LogP contribution in [0.5, 0.6) is 0 Å². The van der Waals surface area contributed by atoms with Gasteiger partial charge in [0.15, 0.2) is 5.69 Å². The van der Waals surface area contributed by atoms with E-state index >= 15 is 0 Å². The average molecular weight is 720 g/mol. The average Bonchev–Trinajstić information content (AvgIpc) is 2.53. The van der Waals surface area contributed by atoms with E-state index < -0.39 is 41.6 Å². The number of halogens is 3. The molecular weight excluding hydrogens is 703 g/mol. The maximum atomic E-state index is 12.6. The van der Waals surface area contributed by atoms with Crippen LogP contribution in [-0.4, -0.2) is 75.8 Å². The number of carboxylic acids is 2. The van der Waals surface area contributed by atoms with Crippen LogP contribution in [0.2, 0.25) is 0 Å². The predicted octanol–water partition coefficient (Wildman–Crippen LogP) is 1.10. The van der Waals surface area contributed by atoms with Crippen molar-refractivity contribution >= 4 is 91.3 Å². The second-order valence-electron chi connectivity index (χ2n) is 5.60. The normalized spacial score (nSPS) is 14.5. The van der Waals surface area contributed by atoms with Gasteiger partial charge in [0, 0.05) is 3.57 Å². The van der Waals surface area contributed by atoms with E-state index in [1.165, 1.54) is 6.92 Å². The fourth-order valence-electron chi connectivity index (χ4n) is 2.73. The summed E-state index contributed by atoms with van der Waals surface area (Å²) in [4.78, 5) is 36.2. The van der Waals surface area contributed by atoms with E-state index in [-0.39, 0.29) is 40.6 Å². The maximum absolute atomic E-state index is 12.6. The van der Waals surface area contributed by atoms with Gasteiger partial charge < -0.3 is 25.5 Å². The third kappa shape index (κ3) is 4.89. The van der Waals surface area contributed by atoms with E-state index in [4.69, 9.17) is 0 Å². The molecule has 0 bridgehead atoms. The molecular formula is C15H17I3NO8+. The van der Waals surface area contributed by atoms with Gasteiger partial charge in [-0.05, 0) is 67.8 Å². The van der Waals surface area contributed by atoms with Crippen LogP contribution in [0.1, 0.15) is 27.6 Å². The summed E-state index contributed by atoms with van der Waals surface area (Å²) < 4.78 is -0.425. The summed E-state index contributed by atoms with van der Waals surface area (Å²) in [5.74, 6) is -3.27. The van der Waals surface area contributed by atoms with Crippen molar-refractivity contribution in [1.29, 1.82) is 0 Å². The van der Waals surface area contributed by atoms with Crippen molar-refractivity contribution < 1.29 is 39.9 Å². The number of amides is 1.